The lowest BCUT2D eigenvalue weighted by Crippen LogP contribution is -2.32. The SMILES string of the molecule is FC(F)(F)OCCN1CCCNCC1. The molecule has 0 bridgehead atoms. The predicted octanol–water partition coefficient (Wildman–Crippen LogP) is 0.818. The first-order valence-corrected chi connectivity index (χ1v) is 4.72. The number of ether oxygens (including phenoxy) is 1. The van der Waals surface area contributed by atoms with Crippen molar-refractivity contribution in [1.29, 1.82) is 0 Å². The molecule has 1 N–H and O–H groups in total. The van der Waals surface area contributed by atoms with Crippen LogP contribution in [0.4, 0.5) is 13.2 Å². The summed E-state index contributed by atoms with van der Waals surface area (Å²) in [4.78, 5) is 1.98. The van der Waals surface area contributed by atoms with Gasteiger partial charge in [0.2, 0.25) is 0 Å². The van der Waals surface area contributed by atoms with Gasteiger partial charge in [0, 0.05) is 19.6 Å². The van der Waals surface area contributed by atoms with Crippen molar-refractivity contribution in [2.24, 2.45) is 0 Å². The largest absolute Gasteiger partial charge is 0.522 e. The number of rotatable bonds is 3. The van der Waals surface area contributed by atoms with E-state index >= 15 is 0 Å². The monoisotopic (exact) mass is 212 g/mol. The minimum atomic E-state index is -4.50. The van der Waals surface area contributed by atoms with Crippen LogP contribution in [0, 0.1) is 0 Å². The van der Waals surface area contributed by atoms with Crippen LogP contribution in [0.1, 0.15) is 6.42 Å². The van der Waals surface area contributed by atoms with Crippen LogP contribution in [-0.2, 0) is 4.74 Å². The van der Waals surface area contributed by atoms with Crippen molar-refractivity contribution in [3.05, 3.63) is 0 Å². The molecule has 0 saturated carbocycles. The van der Waals surface area contributed by atoms with Crippen LogP contribution in [0.3, 0.4) is 0 Å². The quantitative estimate of drug-likeness (QED) is 0.749. The first kappa shape index (κ1) is 11.7. The summed E-state index contributed by atoms with van der Waals surface area (Å²) < 4.78 is 38.6. The van der Waals surface area contributed by atoms with Crippen molar-refractivity contribution in [1.82, 2.24) is 10.2 Å². The maximum atomic E-state index is 11.6. The van der Waals surface area contributed by atoms with Crippen LogP contribution in [0.25, 0.3) is 0 Å². The van der Waals surface area contributed by atoms with E-state index in [0.717, 1.165) is 32.6 Å². The lowest BCUT2D eigenvalue weighted by Gasteiger charge is -2.19. The molecular formula is C8H15F3N2O. The third-order valence-corrected chi connectivity index (χ3v) is 2.11. The van der Waals surface area contributed by atoms with Crippen LogP contribution in [0.5, 0.6) is 0 Å². The highest BCUT2D eigenvalue weighted by atomic mass is 19.4. The first-order valence-electron chi connectivity index (χ1n) is 4.72. The van der Waals surface area contributed by atoms with Crippen LogP contribution in [-0.4, -0.2) is 50.6 Å². The molecule has 3 nitrogen and oxygen atoms in total. The number of alkyl halides is 3. The van der Waals surface area contributed by atoms with E-state index in [1.807, 2.05) is 4.90 Å². The zero-order valence-electron chi connectivity index (χ0n) is 7.94. The lowest BCUT2D eigenvalue weighted by molar-refractivity contribution is -0.325. The van der Waals surface area contributed by atoms with E-state index in [4.69, 9.17) is 0 Å². The summed E-state index contributed by atoms with van der Waals surface area (Å²) in [6, 6.07) is 0. The van der Waals surface area contributed by atoms with Gasteiger partial charge in [0.05, 0.1) is 6.61 Å². The molecule has 0 atom stereocenters. The van der Waals surface area contributed by atoms with Gasteiger partial charge in [0.25, 0.3) is 0 Å². The summed E-state index contributed by atoms with van der Waals surface area (Å²) in [7, 11) is 0. The second-order valence-corrected chi connectivity index (χ2v) is 3.24. The molecule has 1 heterocycles. The highest BCUT2D eigenvalue weighted by Crippen LogP contribution is 2.15. The molecule has 1 saturated heterocycles. The van der Waals surface area contributed by atoms with E-state index in [9.17, 15) is 13.2 Å². The molecule has 6 heteroatoms. The number of hydrogen-bond donors (Lipinski definition) is 1. The summed E-state index contributed by atoms with van der Waals surface area (Å²) in [6.07, 6.45) is -3.52. The lowest BCUT2D eigenvalue weighted by atomic mass is 10.4. The molecule has 0 aromatic rings. The van der Waals surface area contributed by atoms with Crippen LogP contribution in [0.15, 0.2) is 0 Å². The van der Waals surface area contributed by atoms with Gasteiger partial charge in [-0.05, 0) is 19.5 Å². The molecule has 0 unspecified atom stereocenters. The Hall–Kier alpha value is -0.330. The van der Waals surface area contributed by atoms with Crippen molar-refractivity contribution >= 4 is 0 Å². The van der Waals surface area contributed by atoms with Crippen molar-refractivity contribution in [3.63, 3.8) is 0 Å². The standard InChI is InChI=1S/C8H15F3N2O/c9-8(10,11)14-7-6-13-4-1-2-12-3-5-13/h12H,1-7H2. The summed E-state index contributed by atoms with van der Waals surface area (Å²) in [5, 5.41) is 3.18. The van der Waals surface area contributed by atoms with E-state index in [2.05, 4.69) is 10.1 Å². The molecule has 0 radical (unpaired) electrons. The van der Waals surface area contributed by atoms with E-state index in [-0.39, 0.29) is 6.61 Å². The third kappa shape index (κ3) is 5.41. The minimum Gasteiger partial charge on any atom is -0.315 e. The molecule has 0 aromatic carbocycles. The van der Waals surface area contributed by atoms with Gasteiger partial charge in [-0.1, -0.05) is 0 Å². The van der Waals surface area contributed by atoms with Crippen LogP contribution >= 0.6 is 0 Å². The highest BCUT2D eigenvalue weighted by Gasteiger charge is 2.28. The fraction of sp³-hybridized carbons (Fsp3) is 1.00. The second kappa shape index (κ2) is 5.53. The summed E-state index contributed by atoms with van der Waals surface area (Å²) in [6.45, 7) is 3.49. The molecular weight excluding hydrogens is 197 g/mol. The molecule has 1 fully saturated rings. The van der Waals surface area contributed by atoms with Crippen molar-refractivity contribution in [3.8, 4) is 0 Å². The predicted molar refractivity (Wildman–Crippen MR) is 45.9 cm³/mol. The van der Waals surface area contributed by atoms with Crippen molar-refractivity contribution < 1.29 is 17.9 Å². The van der Waals surface area contributed by atoms with Gasteiger partial charge in [-0.15, -0.1) is 13.2 Å². The average molecular weight is 212 g/mol. The Bertz CT molecular complexity index is 155. The Morgan fingerprint density at radius 3 is 2.71 bits per heavy atom. The average Bonchev–Trinajstić information content (AvgIpc) is 2.30. The summed E-state index contributed by atoms with van der Waals surface area (Å²) in [5.41, 5.74) is 0. The van der Waals surface area contributed by atoms with Gasteiger partial charge in [0.15, 0.2) is 0 Å². The Morgan fingerprint density at radius 1 is 1.21 bits per heavy atom. The van der Waals surface area contributed by atoms with Crippen LogP contribution < -0.4 is 5.32 Å². The number of hydrogen-bond acceptors (Lipinski definition) is 3. The number of nitrogens with zero attached hydrogens (tertiary/aromatic N) is 1. The minimum absolute atomic E-state index is 0.274. The molecule has 1 rings (SSSR count). The van der Waals surface area contributed by atoms with Crippen LogP contribution in [0.2, 0.25) is 0 Å². The van der Waals surface area contributed by atoms with Crippen molar-refractivity contribution in [2.75, 3.05) is 39.3 Å². The fourth-order valence-corrected chi connectivity index (χ4v) is 1.42. The Kier molecular flexibility index (Phi) is 4.64. The van der Waals surface area contributed by atoms with E-state index in [1.54, 1.807) is 0 Å². The molecule has 0 aliphatic carbocycles. The Morgan fingerprint density at radius 2 is 2.00 bits per heavy atom. The molecule has 0 aromatic heterocycles. The zero-order chi connectivity index (χ0) is 10.4. The zero-order valence-corrected chi connectivity index (χ0v) is 7.94. The maximum Gasteiger partial charge on any atom is 0.522 e. The van der Waals surface area contributed by atoms with Gasteiger partial charge in [-0.3, -0.25) is 9.64 Å². The molecule has 1 aliphatic heterocycles. The molecule has 14 heavy (non-hydrogen) atoms. The van der Waals surface area contributed by atoms with Gasteiger partial charge in [0.1, 0.15) is 0 Å². The molecule has 1 aliphatic rings. The van der Waals surface area contributed by atoms with Gasteiger partial charge in [-0.25, -0.2) is 0 Å². The third-order valence-electron chi connectivity index (χ3n) is 2.11. The van der Waals surface area contributed by atoms with Gasteiger partial charge >= 0.3 is 6.36 Å². The molecule has 84 valence electrons. The van der Waals surface area contributed by atoms with E-state index < -0.39 is 6.36 Å². The molecule has 0 amide bonds. The van der Waals surface area contributed by atoms with E-state index in [1.165, 1.54) is 0 Å². The smallest absolute Gasteiger partial charge is 0.315 e. The fourth-order valence-electron chi connectivity index (χ4n) is 1.42. The Balaban J connectivity index is 2.10. The van der Waals surface area contributed by atoms with E-state index in [0.29, 0.717) is 6.54 Å². The first-order chi connectivity index (χ1) is 6.58. The highest BCUT2D eigenvalue weighted by molar-refractivity contribution is 4.65. The second-order valence-electron chi connectivity index (χ2n) is 3.24. The van der Waals surface area contributed by atoms with Crippen molar-refractivity contribution in [2.45, 2.75) is 12.8 Å². The normalized spacial score (nSPS) is 20.8. The number of halogens is 3. The topological polar surface area (TPSA) is 24.5 Å². The number of nitrogens with one attached hydrogen (secondary N) is 1. The molecule has 0 spiro atoms. The summed E-state index contributed by atoms with van der Waals surface area (Å²) in [5.74, 6) is 0. The summed E-state index contributed by atoms with van der Waals surface area (Å²) >= 11 is 0. The van der Waals surface area contributed by atoms with Gasteiger partial charge < -0.3 is 5.32 Å². The Labute approximate surface area is 81.2 Å². The van der Waals surface area contributed by atoms with Gasteiger partial charge in [-0.2, -0.15) is 0 Å². The maximum absolute atomic E-state index is 11.6.